The smallest absolute Gasteiger partial charge is 0.227 e. The maximum absolute atomic E-state index is 12.2. The van der Waals surface area contributed by atoms with Crippen LogP contribution in [0.4, 0.5) is 0 Å². The second kappa shape index (κ2) is 6.84. The minimum atomic E-state index is 0.154. The van der Waals surface area contributed by atoms with Crippen LogP contribution in [0.15, 0.2) is 12.1 Å². The Labute approximate surface area is 124 Å². The van der Waals surface area contributed by atoms with Crippen LogP contribution in [-0.4, -0.2) is 44.0 Å². The SMILES string of the molecule is COc1cc2c(cc1OC)CC(=O)N(CCCCl)CC2. The van der Waals surface area contributed by atoms with Crippen LogP contribution < -0.4 is 9.47 Å². The van der Waals surface area contributed by atoms with E-state index in [0.717, 1.165) is 37.1 Å². The number of nitrogens with zero attached hydrogens (tertiary/aromatic N) is 1. The summed E-state index contributed by atoms with van der Waals surface area (Å²) in [6.45, 7) is 1.46. The van der Waals surface area contributed by atoms with Gasteiger partial charge in [-0.2, -0.15) is 0 Å². The molecule has 1 aliphatic rings. The second-order valence-electron chi connectivity index (χ2n) is 4.83. The maximum atomic E-state index is 12.2. The van der Waals surface area contributed by atoms with E-state index in [1.54, 1.807) is 14.2 Å². The van der Waals surface area contributed by atoms with E-state index in [1.165, 1.54) is 0 Å². The fourth-order valence-electron chi connectivity index (χ4n) is 2.50. The van der Waals surface area contributed by atoms with Crippen molar-refractivity contribution in [3.63, 3.8) is 0 Å². The van der Waals surface area contributed by atoms with Crippen molar-refractivity contribution in [2.24, 2.45) is 0 Å². The summed E-state index contributed by atoms with van der Waals surface area (Å²) < 4.78 is 10.6. The Balaban J connectivity index is 2.24. The summed E-state index contributed by atoms with van der Waals surface area (Å²) in [5.41, 5.74) is 2.19. The molecule has 0 bridgehead atoms. The van der Waals surface area contributed by atoms with E-state index in [0.29, 0.717) is 23.8 Å². The molecule has 0 N–H and O–H groups in total. The van der Waals surface area contributed by atoms with Crippen molar-refractivity contribution in [3.8, 4) is 11.5 Å². The van der Waals surface area contributed by atoms with Gasteiger partial charge in [0.25, 0.3) is 0 Å². The van der Waals surface area contributed by atoms with Gasteiger partial charge in [-0.1, -0.05) is 0 Å². The maximum Gasteiger partial charge on any atom is 0.227 e. The van der Waals surface area contributed by atoms with Gasteiger partial charge in [0.1, 0.15) is 0 Å². The molecule has 1 aromatic carbocycles. The highest BCUT2D eigenvalue weighted by atomic mass is 35.5. The largest absolute Gasteiger partial charge is 0.493 e. The van der Waals surface area contributed by atoms with Gasteiger partial charge in [-0.3, -0.25) is 4.79 Å². The Bertz CT molecular complexity index is 490. The number of carbonyl (C=O) groups is 1. The average Bonchev–Trinajstić information content (AvgIpc) is 2.61. The minimum Gasteiger partial charge on any atom is -0.493 e. The number of ether oxygens (including phenoxy) is 2. The van der Waals surface area contributed by atoms with E-state index in [1.807, 2.05) is 17.0 Å². The number of benzene rings is 1. The fraction of sp³-hybridized carbons (Fsp3) is 0.533. The zero-order valence-electron chi connectivity index (χ0n) is 11.9. The van der Waals surface area contributed by atoms with Gasteiger partial charge in [0.15, 0.2) is 11.5 Å². The van der Waals surface area contributed by atoms with Gasteiger partial charge >= 0.3 is 0 Å². The predicted molar refractivity (Wildman–Crippen MR) is 78.9 cm³/mol. The highest BCUT2D eigenvalue weighted by Gasteiger charge is 2.22. The first-order valence-electron chi connectivity index (χ1n) is 6.77. The summed E-state index contributed by atoms with van der Waals surface area (Å²) in [6.07, 6.45) is 2.08. The number of carbonyl (C=O) groups excluding carboxylic acids is 1. The molecular formula is C15H20ClNO3. The van der Waals surface area contributed by atoms with Gasteiger partial charge < -0.3 is 14.4 Å². The molecule has 0 radical (unpaired) electrons. The van der Waals surface area contributed by atoms with E-state index in [2.05, 4.69) is 0 Å². The molecule has 4 nitrogen and oxygen atoms in total. The number of alkyl halides is 1. The molecule has 0 saturated carbocycles. The molecule has 0 atom stereocenters. The van der Waals surface area contributed by atoms with Crippen molar-refractivity contribution in [3.05, 3.63) is 23.3 Å². The topological polar surface area (TPSA) is 38.8 Å². The number of amides is 1. The molecule has 20 heavy (non-hydrogen) atoms. The molecule has 5 heteroatoms. The lowest BCUT2D eigenvalue weighted by Crippen LogP contribution is -2.33. The van der Waals surface area contributed by atoms with Crippen molar-refractivity contribution in [2.75, 3.05) is 33.2 Å². The molecule has 0 saturated heterocycles. The molecule has 0 spiro atoms. The molecule has 1 aromatic rings. The number of halogens is 1. The summed E-state index contributed by atoms with van der Waals surface area (Å²) in [6, 6.07) is 3.89. The molecule has 2 rings (SSSR count). The van der Waals surface area contributed by atoms with Crippen LogP contribution in [-0.2, 0) is 17.6 Å². The van der Waals surface area contributed by atoms with Gasteiger partial charge in [-0.05, 0) is 36.1 Å². The Morgan fingerprint density at radius 1 is 1.20 bits per heavy atom. The van der Waals surface area contributed by atoms with Crippen molar-refractivity contribution >= 4 is 17.5 Å². The molecule has 0 unspecified atom stereocenters. The van der Waals surface area contributed by atoms with Gasteiger partial charge in [-0.15, -0.1) is 11.6 Å². The van der Waals surface area contributed by atoms with E-state index < -0.39 is 0 Å². The third-order valence-electron chi connectivity index (χ3n) is 3.61. The van der Waals surface area contributed by atoms with Crippen LogP contribution in [0.2, 0.25) is 0 Å². The number of hydrogen-bond donors (Lipinski definition) is 0. The molecule has 1 aliphatic heterocycles. The molecule has 1 heterocycles. The van der Waals surface area contributed by atoms with Crippen molar-refractivity contribution in [1.29, 1.82) is 0 Å². The van der Waals surface area contributed by atoms with Gasteiger partial charge in [0, 0.05) is 19.0 Å². The Hall–Kier alpha value is -1.42. The lowest BCUT2D eigenvalue weighted by atomic mass is 10.0. The Kier molecular flexibility index (Phi) is 5.12. The number of hydrogen-bond acceptors (Lipinski definition) is 3. The fourth-order valence-corrected chi connectivity index (χ4v) is 2.62. The van der Waals surface area contributed by atoms with Gasteiger partial charge in [0.05, 0.1) is 20.6 Å². The number of fused-ring (bicyclic) bond motifs is 1. The standard InChI is InChI=1S/C15H20ClNO3/c1-19-13-8-11-4-7-17(6-3-5-16)15(18)10-12(11)9-14(13)20-2/h8-9H,3-7,10H2,1-2H3. The highest BCUT2D eigenvalue weighted by Crippen LogP contribution is 2.32. The Morgan fingerprint density at radius 2 is 1.85 bits per heavy atom. The molecule has 110 valence electrons. The van der Waals surface area contributed by atoms with Crippen molar-refractivity contribution in [2.45, 2.75) is 19.3 Å². The highest BCUT2D eigenvalue weighted by molar-refractivity contribution is 6.17. The molecule has 1 amide bonds. The minimum absolute atomic E-state index is 0.154. The normalized spacial score (nSPS) is 14.8. The summed E-state index contributed by atoms with van der Waals surface area (Å²) in [5, 5.41) is 0. The van der Waals surface area contributed by atoms with E-state index in [9.17, 15) is 4.79 Å². The van der Waals surface area contributed by atoms with Crippen LogP contribution in [0.3, 0.4) is 0 Å². The van der Waals surface area contributed by atoms with Gasteiger partial charge in [0.2, 0.25) is 5.91 Å². The summed E-state index contributed by atoms with van der Waals surface area (Å²) >= 11 is 5.71. The Morgan fingerprint density at radius 3 is 2.45 bits per heavy atom. The quantitative estimate of drug-likeness (QED) is 0.783. The first-order valence-corrected chi connectivity index (χ1v) is 7.30. The molecular weight excluding hydrogens is 278 g/mol. The molecule has 0 aromatic heterocycles. The monoisotopic (exact) mass is 297 g/mol. The van der Waals surface area contributed by atoms with E-state index >= 15 is 0 Å². The predicted octanol–water partition coefficient (Wildman–Crippen LogP) is 2.26. The average molecular weight is 298 g/mol. The van der Waals surface area contributed by atoms with Crippen molar-refractivity contribution < 1.29 is 14.3 Å². The zero-order chi connectivity index (χ0) is 14.5. The first-order chi connectivity index (χ1) is 9.69. The molecule has 0 fully saturated rings. The lowest BCUT2D eigenvalue weighted by Gasteiger charge is -2.19. The summed E-state index contributed by atoms with van der Waals surface area (Å²) in [4.78, 5) is 14.1. The van der Waals surface area contributed by atoms with Crippen LogP contribution in [0.1, 0.15) is 17.5 Å². The van der Waals surface area contributed by atoms with E-state index in [-0.39, 0.29) is 5.91 Å². The third kappa shape index (κ3) is 3.18. The van der Waals surface area contributed by atoms with Crippen LogP contribution in [0, 0.1) is 0 Å². The first kappa shape index (κ1) is 15.0. The van der Waals surface area contributed by atoms with Crippen molar-refractivity contribution in [1.82, 2.24) is 4.90 Å². The molecule has 0 aliphatic carbocycles. The second-order valence-corrected chi connectivity index (χ2v) is 5.20. The van der Waals surface area contributed by atoms with Gasteiger partial charge in [-0.25, -0.2) is 0 Å². The number of rotatable bonds is 5. The van der Waals surface area contributed by atoms with Crippen LogP contribution in [0.25, 0.3) is 0 Å². The number of methoxy groups -OCH3 is 2. The zero-order valence-corrected chi connectivity index (χ0v) is 12.7. The van der Waals surface area contributed by atoms with Crippen LogP contribution >= 0.6 is 11.6 Å². The van der Waals surface area contributed by atoms with E-state index in [4.69, 9.17) is 21.1 Å². The lowest BCUT2D eigenvalue weighted by molar-refractivity contribution is -0.130. The summed E-state index contributed by atoms with van der Waals surface area (Å²) in [5.74, 6) is 2.13. The summed E-state index contributed by atoms with van der Waals surface area (Å²) in [7, 11) is 3.23. The van der Waals surface area contributed by atoms with Crippen LogP contribution in [0.5, 0.6) is 11.5 Å². The third-order valence-corrected chi connectivity index (χ3v) is 3.88.